The fourth-order valence-corrected chi connectivity index (χ4v) is 15.9. The van der Waals surface area contributed by atoms with Gasteiger partial charge in [0.2, 0.25) is 0 Å². The lowest BCUT2D eigenvalue weighted by molar-refractivity contribution is -0.189. The number of aliphatic imine (C=N–C) groups is 1. The molecular weight excluding hydrogens is 819 g/mol. The summed E-state index contributed by atoms with van der Waals surface area (Å²) < 4.78 is 5.60. The standard InChI is InChI=1S/C54H75N3O8/c1-31-13-14-34-15-16-38-32(2)22-47(61)52(4,63)49-36(12-8-11-35(23-40(38)39(34)21-31)37-24-48(62)65-30-37)27-54(64)42-25-44(58)43-26-45(59)46(60)28-51(43,3)41(42)17-18-53(49,54)19-20-56-50(55)57-29-33-9-6-5-7-10-33/h5-7,9-10,15,25,31-32,35-41,43,45-47,49,59-61,63-64H,12-14,16-24,26-30H2,1-4H3,(H3,55,56,57). The van der Waals surface area contributed by atoms with Gasteiger partial charge in [0, 0.05) is 42.1 Å². The molecule has 354 valence electrons. The second-order valence-electron chi connectivity index (χ2n) is 22.8. The molecule has 0 bridgehead atoms. The highest BCUT2D eigenvalue weighted by Crippen LogP contribution is 2.71. The van der Waals surface area contributed by atoms with Gasteiger partial charge in [-0.2, -0.15) is 0 Å². The minimum absolute atomic E-state index is 0.0186. The van der Waals surface area contributed by atoms with Crippen molar-refractivity contribution in [3.8, 4) is 11.8 Å². The quantitative estimate of drug-likeness (QED) is 0.0585. The number of ether oxygens (including phenoxy) is 1. The van der Waals surface area contributed by atoms with Crippen LogP contribution in [-0.4, -0.2) is 85.9 Å². The summed E-state index contributed by atoms with van der Waals surface area (Å²) in [6, 6.07) is 9.87. The van der Waals surface area contributed by atoms with Crippen LogP contribution in [0.3, 0.4) is 0 Å². The predicted molar refractivity (Wildman–Crippen MR) is 248 cm³/mol. The van der Waals surface area contributed by atoms with Crippen LogP contribution in [0.5, 0.6) is 0 Å². The highest BCUT2D eigenvalue weighted by molar-refractivity contribution is 5.95. The summed E-state index contributed by atoms with van der Waals surface area (Å²) in [7, 11) is 0. The molecule has 0 aromatic heterocycles. The van der Waals surface area contributed by atoms with Crippen LogP contribution in [0.2, 0.25) is 0 Å². The zero-order chi connectivity index (χ0) is 46.1. The normalized spacial score (nSPS) is 46.3. The monoisotopic (exact) mass is 894 g/mol. The first kappa shape index (κ1) is 46.6. The lowest BCUT2D eigenvalue weighted by Gasteiger charge is -2.61. The number of carbonyl (C=O) groups is 2. The van der Waals surface area contributed by atoms with Gasteiger partial charge in [-0.1, -0.05) is 68.7 Å². The number of cyclic esters (lactones) is 1. The number of ketones is 1. The summed E-state index contributed by atoms with van der Waals surface area (Å²) in [6.07, 6.45) is 9.43. The number of hydrogen-bond donors (Lipinski definition) is 7. The van der Waals surface area contributed by atoms with E-state index in [2.05, 4.69) is 42.1 Å². The van der Waals surface area contributed by atoms with Crippen molar-refractivity contribution in [2.75, 3.05) is 13.2 Å². The molecule has 11 heteroatoms. The number of nitrogens with one attached hydrogen (secondary N) is 1. The third kappa shape index (κ3) is 8.23. The first-order chi connectivity index (χ1) is 30.9. The molecule has 0 spiro atoms. The van der Waals surface area contributed by atoms with Crippen LogP contribution in [0.25, 0.3) is 0 Å². The maximum atomic E-state index is 14.3. The Hall–Kier alpha value is -3.53. The summed E-state index contributed by atoms with van der Waals surface area (Å²) >= 11 is 0. The largest absolute Gasteiger partial charge is 0.465 e. The molecule has 5 fully saturated rings. The fraction of sp³-hybridized carbons (Fsp3) is 0.722. The van der Waals surface area contributed by atoms with E-state index in [1.165, 1.54) is 6.42 Å². The number of benzene rings is 1. The number of carbonyl (C=O) groups excluding carboxylic acids is 2. The highest BCUT2D eigenvalue weighted by Gasteiger charge is 2.73. The number of aliphatic hydroxyl groups excluding tert-OH is 3. The van der Waals surface area contributed by atoms with E-state index in [0.717, 1.165) is 31.2 Å². The SMILES string of the molecule is CC1CCC2=CCC3C(C)CC(O)C(C)(O)C4C(CC#CC(C5COC(=O)C5)CC3C2C1)CC1(O)C2=CC(=O)C3CC(O)C(O)CC3(C)C2CCC41CCNC(N)=NCc1ccccc1. The van der Waals surface area contributed by atoms with Crippen LogP contribution >= 0.6 is 0 Å². The molecule has 1 aromatic rings. The number of allylic oxidation sites excluding steroid dienone is 3. The van der Waals surface area contributed by atoms with Crippen LogP contribution in [-0.2, 0) is 20.9 Å². The zero-order valence-electron chi connectivity index (χ0n) is 39.1. The van der Waals surface area contributed by atoms with Crippen molar-refractivity contribution in [3.63, 3.8) is 0 Å². The Labute approximate surface area is 386 Å². The van der Waals surface area contributed by atoms with Crippen LogP contribution < -0.4 is 11.1 Å². The van der Waals surface area contributed by atoms with Gasteiger partial charge in [0.1, 0.15) is 0 Å². The number of hydrogen-bond acceptors (Lipinski definition) is 9. The van der Waals surface area contributed by atoms with Gasteiger partial charge in [0.25, 0.3) is 0 Å². The van der Waals surface area contributed by atoms with Gasteiger partial charge in [-0.05, 0) is 148 Å². The number of guanidine groups is 1. The van der Waals surface area contributed by atoms with E-state index in [9.17, 15) is 35.1 Å². The molecule has 18 atom stereocenters. The molecule has 7 aliphatic carbocycles. The maximum absolute atomic E-state index is 14.3. The molecule has 65 heavy (non-hydrogen) atoms. The minimum atomic E-state index is -1.66. The Bertz CT molecular complexity index is 2130. The van der Waals surface area contributed by atoms with Gasteiger partial charge >= 0.3 is 5.97 Å². The van der Waals surface area contributed by atoms with Crippen molar-refractivity contribution in [1.82, 2.24) is 5.32 Å². The molecular formula is C54H75N3O8. The first-order valence-corrected chi connectivity index (χ1v) is 25.1. The smallest absolute Gasteiger partial charge is 0.306 e. The molecule has 11 nitrogen and oxygen atoms in total. The van der Waals surface area contributed by atoms with Crippen molar-refractivity contribution in [3.05, 3.63) is 59.2 Å². The second kappa shape index (κ2) is 17.8. The van der Waals surface area contributed by atoms with Gasteiger partial charge < -0.3 is 41.3 Å². The third-order valence-electron chi connectivity index (χ3n) is 19.2. The number of esters is 1. The maximum Gasteiger partial charge on any atom is 0.306 e. The molecule has 1 aromatic carbocycles. The van der Waals surface area contributed by atoms with Gasteiger partial charge in [-0.3, -0.25) is 9.59 Å². The second-order valence-corrected chi connectivity index (χ2v) is 22.8. The molecule has 1 saturated heterocycles. The fourth-order valence-electron chi connectivity index (χ4n) is 15.9. The van der Waals surface area contributed by atoms with Crippen molar-refractivity contribution >= 4 is 17.7 Å². The molecule has 18 unspecified atom stereocenters. The van der Waals surface area contributed by atoms with Gasteiger partial charge in [0.05, 0.1) is 49.1 Å². The highest BCUT2D eigenvalue weighted by atomic mass is 16.5. The van der Waals surface area contributed by atoms with Crippen LogP contribution in [0.1, 0.15) is 123 Å². The molecule has 1 aliphatic heterocycles. The van der Waals surface area contributed by atoms with Crippen molar-refractivity contribution in [1.29, 1.82) is 0 Å². The average Bonchev–Trinajstić information content (AvgIpc) is 3.82. The Morgan fingerprint density at radius 1 is 0.954 bits per heavy atom. The number of fused-ring (bicyclic) bond motifs is 10. The molecule has 8 N–H and O–H groups in total. The van der Waals surface area contributed by atoms with Crippen LogP contribution in [0.4, 0.5) is 0 Å². The van der Waals surface area contributed by atoms with Gasteiger partial charge in [-0.25, -0.2) is 4.99 Å². The molecule has 0 amide bonds. The molecule has 8 aliphatic rings. The van der Waals surface area contributed by atoms with E-state index < -0.39 is 52.2 Å². The number of rotatable bonds is 6. The topological polar surface area (TPSA) is 195 Å². The van der Waals surface area contributed by atoms with Crippen LogP contribution in [0.15, 0.2) is 58.6 Å². The van der Waals surface area contributed by atoms with Gasteiger partial charge in [0.15, 0.2) is 11.7 Å². The summed E-state index contributed by atoms with van der Waals surface area (Å²) in [5.41, 5.74) is 4.79. The number of aliphatic hydroxyl groups is 5. The molecule has 9 rings (SSSR count). The van der Waals surface area contributed by atoms with Crippen molar-refractivity contribution in [2.24, 2.45) is 86.7 Å². The summed E-state index contributed by atoms with van der Waals surface area (Å²) in [6.45, 7) is 9.50. The van der Waals surface area contributed by atoms with E-state index in [4.69, 9.17) is 10.5 Å². The van der Waals surface area contributed by atoms with Crippen LogP contribution in [0, 0.1) is 87.8 Å². The van der Waals surface area contributed by atoms with E-state index in [1.807, 2.05) is 37.3 Å². The summed E-state index contributed by atoms with van der Waals surface area (Å²) in [4.78, 5) is 31.6. The van der Waals surface area contributed by atoms with E-state index in [1.54, 1.807) is 18.6 Å². The van der Waals surface area contributed by atoms with Crippen molar-refractivity contribution < 1.29 is 39.9 Å². The lowest BCUT2D eigenvalue weighted by atomic mass is 9.44. The predicted octanol–water partition coefficient (Wildman–Crippen LogP) is 6.01. The summed E-state index contributed by atoms with van der Waals surface area (Å²) in [5.74, 6) is 7.18. The zero-order valence-corrected chi connectivity index (χ0v) is 39.1. The average molecular weight is 894 g/mol. The first-order valence-electron chi connectivity index (χ1n) is 25.1. The molecule has 1 heterocycles. The van der Waals surface area contributed by atoms with E-state index in [0.29, 0.717) is 81.5 Å². The lowest BCUT2D eigenvalue weighted by Crippen LogP contribution is -2.64. The van der Waals surface area contributed by atoms with E-state index >= 15 is 0 Å². The Morgan fingerprint density at radius 2 is 1.74 bits per heavy atom. The molecule has 4 saturated carbocycles. The Morgan fingerprint density at radius 3 is 2.49 bits per heavy atom. The number of nitrogens with two attached hydrogens (primary N) is 1. The van der Waals surface area contributed by atoms with E-state index in [-0.39, 0.29) is 72.5 Å². The Kier molecular flexibility index (Phi) is 12.8. The minimum Gasteiger partial charge on any atom is -0.465 e. The third-order valence-corrected chi connectivity index (χ3v) is 19.2. The number of nitrogens with zero attached hydrogens (tertiary/aromatic N) is 1. The van der Waals surface area contributed by atoms with Gasteiger partial charge in [-0.15, -0.1) is 5.92 Å². The Balaban J connectivity index is 1.12. The molecule has 0 radical (unpaired) electrons. The van der Waals surface area contributed by atoms with Crippen molar-refractivity contribution in [2.45, 2.75) is 154 Å². The summed E-state index contributed by atoms with van der Waals surface area (Å²) in [5, 5.41) is 65.2.